The van der Waals surface area contributed by atoms with E-state index < -0.39 is 5.82 Å². The monoisotopic (exact) mass is 416 g/mol. The lowest BCUT2D eigenvalue weighted by molar-refractivity contribution is 0.142. The maximum Gasteiger partial charge on any atom is 0.145 e. The third-order valence-corrected chi connectivity index (χ3v) is 4.83. The van der Waals surface area contributed by atoms with Crippen LogP contribution in [0.15, 0.2) is 36.7 Å². The normalized spacial score (nSPS) is 16.4. The highest BCUT2D eigenvalue weighted by Crippen LogP contribution is 2.35. The number of hydrogen-bond acceptors (Lipinski definition) is 6. The van der Waals surface area contributed by atoms with Crippen LogP contribution < -0.4 is 15.4 Å². The van der Waals surface area contributed by atoms with Gasteiger partial charge in [-0.3, -0.25) is 0 Å². The van der Waals surface area contributed by atoms with Crippen molar-refractivity contribution >= 4 is 39.7 Å². The third-order valence-electron chi connectivity index (χ3n) is 4.54. The van der Waals surface area contributed by atoms with Crippen molar-refractivity contribution in [3.63, 3.8) is 0 Å². The number of nitrogens with one attached hydrogen (secondary N) is 2. The molecule has 0 saturated carbocycles. The zero-order chi connectivity index (χ0) is 20.4. The number of nitrogens with zero attached hydrogens (tertiary/aromatic N) is 2. The topological polar surface area (TPSA) is 68.3 Å². The van der Waals surface area contributed by atoms with Crippen LogP contribution in [0.25, 0.3) is 10.9 Å². The van der Waals surface area contributed by atoms with Crippen LogP contribution >= 0.6 is 11.6 Å². The van der Waals surface area contributed by atoms with Crippen LogP contribution in [0.3, 0.4) is 0 Å². The predicted octanol–water partition coefficient (Wildman–Crippen LogP) is 5.15. The first-order chi connectivity index (χ1) is 14.0. The average molecular weight is 417 g/mol. The van der Waals surface area contributed by atoms with Crippen LogP contribution in [-0.4, -0.2) is 35.3 Å². The predicted molar refractivity (Wildman–Crippen MR) is 113 cm³/mol. The summed E-state index contributed by atoms with van der Waals surface area (Å²) in [6.45, 7) is 5.42. The van der Waals surface area contributed by atoms with E-state index in [0.717, 1.165) is 28.8 Å². The van der Waals surface area contributed by atoms with E-state index in [0.29, 0.717) is 24.7 Å². The minimum absolute atomic E-state index is 0.0287. The molecular formula is C21H22ClFN4O2. The molecule has 1 aromatic heterocycles. The van der Waals surface area contributed by atoms with Gasteiger partial charge in [-0.2, -0.15) is 0 Å². The van der Waals surface area contributed by atoms with Crippen LogP contribution in [-0.2, 0) is 4.74 Å². The van der Waals surface area contributed by atoms with Gasteiger partial charge in [0.25, 0.3) is 0 Å². The van der Waals surface area contributed by atoms with Gasteiger partial charge in [-0.1, -0.05) is 11.6 Å². The third kappa shape index (κ3) is 4.52. The summed E-state index contributed by atoms with van der Waals surface area (Å²) in [5.74, 6) is 0.863. The Morgan fingerprint density at radius 2 is 2.10 bits per heavy atom. The zero-order valence-corrected chi connectivity index (χ0v) is 17.0. The van der Waals surface area contributed by atoms with Gasteiger partial charge in [0, 0.05) is 29.6 Å². The van der Waals surface area contributed by atoms with E-state index in [2.05, 4.69) is 34.4 Å². The highest BCUT2D eigenvalue weighted by atomic mass is 35.5. The lowest BCUT2D eigenvalue weighted by atomic mass is 10.1. The first kappa shape index (κ1) is 19.7. The highest BCUT2D eigenvalue weighted by Gasteiger charge is 2.20. The number of fused-ring (bicyclic) bond motifs is 1. The molecule has 0 spiro atoms. The summed E-state index contributed by atoms with van der Waals surface area (Å²) in [7, 11) is 0. The molecule has 1 fully saturated rings. The molecule has 1 atom stereocenters. The lowest BCUT2D eigenvalue weighted by Crippen LogP contribution is -2.18. The van der Waals surface area contributed by atoms with Gasteiger partial charge in [0.2, 0.25) is 0 Å². The molecule has 6 nitrogen and oxygen atoms in total. The largest absolute Gasteiger partial charge is 0.486 e. The van der Waals surface area contributed by atoms with Crippen molar-refractivity contribution < 1.29 is 13.9 Å². The van der Waals surface area contributed by atoms with Crippen LogP contribution in [0.1, 0.15) is 20.3 Å². The lowest BCUT2D eigenvalue weighted by Gasteiger charge is -2.20. The van der Waals surface area contributed by atoms with Crippen molar-refractivity contribution in [2.45, 2.75) is 32.4 Å². The molecule has 29 heavy (non-hydrogen) atoms. The average Bonchev–Trinajstić information content (AvgIpc) is 3.18. The maximum absolute atomic E-state index is 13.5. The van der Waals surface area contributed by atoms with E-state index in [4.69, 9.17) is 21.1 Å². The molecular weight excluding hydrogens is 395 g/mol. The molecule has 8 heteroatoms. The molecule has 1 saturated heterocycles. The fraction of sp³-hybridized carbons (Fsp3) is 0.333. The van der Waals surface area contributed by atoms with E-state index in [1.165, 1.54) is 18.5 Å². The van der Waals surface area contributed by atoms with Crippen LogP contribution in [0, 0.1) is 5.82 Å². The van der Waals surface area contributed by atoms with Crippen LogP contribution in [0.2, 0.25) is 5.02 Å². The van der Waals surface area contributed by atoms with Gasteiger partial charge in [0.15, 0.2) is 0 Å². The molecule has 0 bridgehead atoms. The van der Waals surface area contributed by atoms with Crippen molar-refractivity contribution in [1.82, 2.24) is 9.97 Å². The van der Waals surface area contributed by atoms with Gasteiger partial charge in [-0.05, 0) is 38.1 Å². The number of aromatic nitrogens is 2. The Morgan fingerprint density at radius 3 is 2.83 bits per heavy atom. The molecule has 152 valence electrons. The zero-order valence-electron chi connectivity index (χ0n) is 16.2. The van der Waals surface area contributed by atoms with Gasteiger partial charge in [0.1, 0.15) is 29.8 Å². The first-order valence-corrected chi connectivity index (χ1v) is 9.89. The Morgan fingerprint density at radius 1 is 1.24 bits per heavy atom. The smallest absolute Gasteiger partial charge is 0.145 e. The molecule has 2 N–H and O–H groups in total. The minimum atomic E-state index is -0.467. The Labute approximate surface area is 173 Å². The number of anilines is 3. The van der Waals surface area contributed by atoms with E-state index in [1.807, 2.05) is 12.1 Å². The highest BCUT2D eigenvalue weighted by molar-refractivity contribution is 6.31. The maximum atomic E-state index is 13.5. The van der Waals surface area contributed by atoms with Crippen molar-refractivity contribution in [3.8, 4) is 5.75 Å². The van der Waals surface area contributed by atoms with Crippen molar-refractivity contribution in [3.05, 3.63) is 47.5 Å². The number of rotatable bonds is 6. The van der Waals surface area contributed by atoms with E-state index in [9.17, 15) is 4.39 Å². The molecule has 1 aliphatic rings. The molecule has 4 rings (SSSR count). The Kier molecular flexibility index (Phi) is 5.69. The van der Waals surface area contributed by atoms with Gasteiger partial charge < -0.3 is 20.1 Å². The van der Waals surface area contributed by atoms with Crippen molar-refractivity contribution in [2.24, 2.45) is 0 Å². The molecule has 3 aromatic rings. The molecule has 0 radical (unpaired) electrons. The second-order valence-electron chi connectivity index (χ2n) is 7.24. The van der Waals surface area contributed by atoms with Crippen LogP contribution in [0.4, 0.5) is 21.6 Å². The standard InChI is InChI=1S/C21H22ClFN4O2/c1-12(2)26-19-8-15-18(9-20(19)29-14-5-6-28-10-14)24-11-25-21(15)27-13-3-4-17(23)16(22)7-13/h3-4,7-9,11-12,14,26H,5-6,10H2,1-2H3,(H,24,25,27)/t14-/m0/s1. The van der Waals surface area contributed by atoms with Gasteiger partial charge in [-0.15, -0.1) is 0 Å². The van der Waals surface area contributed by atoms with Crippen molar-refractivity contribution in [1.29, 1.82) is 0 Å². The number of hydrogen-bond donors (Lipinski definition) is 2. The van der Waals surface area contributed by atoms with Gasteiger partial charge in [0.05, 0.1) is 29.4 Å². The summed E-state index contributed by atoms with van der Waals surface area (Å²) in [6, 6.07) is 8.54. The van der Waals surface area contributed by atoms with E-state index in [-0.39, 0.29) is 17.2 Å². The fourth-order valence-electron chi connectivity index (χ4n) is 3.20. The molecule has 0 unspecified atom stereocenters. The number of halogens is 2. The quantitative estimate of drug-likeness (QED) is 0.579. The summed E-state index contributed by atoms with van der Waals surface area (Å²) in [5, 5.41) is 7.48. The Balaban J connectivity index is 1.72. The summed E-state index contributed by atoms with van der Waals surface area (Å²) >= 11 is 5.90. The molecule has 0 aliphatic carbocycles. The number of ether oxygens (including phenoxy) is 2. The molecule has 0 amide bonds. The van der Waals surface area contributed by atoms with Crippen LogP contribution in [0.5, 0.6) is 5.75 Å². The second-order valence-corrected chi connectivity index (χ2v) is 7.65. The van der Waals surface area contributed by atoms with Gasteiger partial charge in [-0.25, -0.2) is 14.4 Å². The molecule has 2 aromatic carbocycles. The first-order valence-electron chi connectivity index (χ1n) is 9.51. The SMILES string of the molecule is CC(C)Nc1cc2c(Nc3ccc(F)c(Cl)c3)ncnc2cc1O[C@H]1CCOC1. The van der Waals surface area contributed by atoms with E-state index >= 15 is 0 Å². The van der Waals surface area contributed by atoms with Crippen molar-refractivity contribution in [2.75, 3.05) is 23.8 Å². The Hall–Kier alpha value is -2.64. The van der Waals surface area contributed by atoms with Gasteiger partial charge >= 0.3 is 0 Å². The molecule has 1 aliphatic heterocycles. The summed E-state index contributed by atoms with van der Waals surface area (Å²) in [5.41, 5.74) is 2.23. The number of benzene rings is 2. The Bertz CT molecular complexity index is 1020. The summed E-state index contributed by atoms with van der Waals surface area (Å²) in [6.07, 6.45) is 2.37. The van der Waals surface area contributed by atoms with E-state index in [1.54, 1.807) is 6.07 Å². The second kappa shape index (κ2) is 8.39. The summed E-state index contributed by atoms with van der Waals surface area (Å²) < 4.78 is 25.1. The summed E-state index contributed by atoms with van der Waals surface area (Å²) in [4.78, 5) is 8.75. The fourth-order valence-corrected chi connectivity index (χ4v) is 3.38. The molecule has 2 heterocycles. The minimum Gasteiger partial charge on any atom is -0.486 e.